The molecule has 2 saturated heterocycles. The van der Waals surface area contributed by atoms with Crippen molar-refractivity contribution in [2.75, 3.05) is 50.8 Å². The molecule has 174 valence electrons. The van der Waals surface area contributed by atoms with Gasteiger partial charge in [0.05, 0.1) is 19.3 Å². The Kier molecular flexibility index (Phi) is 11.0. The summed E-state index contributed by atoms with van der Waals surface area (Å²) in [7, 11) is 0. The summed E-state index contributed by atoms with van der Waals surface area (Å²) < 4.78 is 5.65. The van der Waals surface area contributed by atoms with Crippen molar-refractivity contribution in [1.82, 2.24) is 20.5 Å². The molecule has 0 spiro atoms. The van der Waals surface area contributed by atoms with Gasteiger partial charge >= 0.3 is 0 Å². The molecule has 0 amide bonds. The number of pyridine rings is 1. The van der Waals surface area contributed by atoms with Gasteiger partial charge in [-0.2, -0.15) is 0 Å². The van der Waals surface area contributed by atoms with Gasteiger partial charge in [-0.15, -0.1) is 24.0 Å². The number of hydrogen-bond acceptors (Lipinski definition) is 5. The summed E-state index contributed by atoms with van der Waals surface area (Å²) in [6.45, 7) is 17.6. The lowest BCUT2D eigenvalue weighted by Gasteiger charge is -2.33. The zero-order valence-corrected chi connectivity index (χ0v) is 21.6. The Labute approximate surface area is 204 Å². The Morgan fingerprint density at radius 3 is 2.77 bits per heavy atom. The SMILES string of the molecule is C=C(C)CN1CCC(NC(=NCc2ccnc(N3CCOC(C)C3)c2)NCC)CC1.I. The van der Waals surface area contributed by atoms with Crippen LogP contribution in [0.25, 0.3) is 0 Å². The molecule has 1 aromatic rings. The third-order valence-corrected chi connectivity index (χ3v) is 5.56. The highest BCUT2D eigenvalue weighted by molar-refractivity contribution is 14.0. The fraction of sp³-hybridized carbons (Fsp3) is 0.652. The Morgan fingerprint density at radius 2 is 2.10 bits per heavy atom. The van der Waals surface area contributed by atoms with Gasteiger partial charge in [-0.25, -0.2) is 9.98 Å². The minimum absolute atomic E-state index is 0. The summed E-state index contributed by atoms with van der Waals surface area (Å²) in [6, 6.07) is 4.67. The molecule has 7 nitrogen and oxygen atoms in total. The van der Waals surface area contributed by atoms with Gasteiger partial charge in [-0.1, -0.05) is 12.2 Å². The topological polar surface area (TPSA) is 65.0 Å². The zero-order valence-electron chi connectivity index (χ0n) is 19.3. The molecule has 2 N–H and O–H groups in total. The first kappa shape index (κ1) is 25.9. The largest absolute Gasteiger partial charge is 0.375 e. The van der Waals surface area contributed by atoms with E-state index >= 15 is 0 Å². The molecular formula is C23H39IN6O. The van der Waals surface area contributed by atoms with Gasteiger partial charge in [-0.3, -0.25) is 4.90 Å². The predicted octanol–water partition coefficient (Wildman–Crippen LogP) is 3.02. The molecule has 1 unspecified atom stereocenters. The molecule has 2 aliphatic heterocycles. The Morgan fingerprint density at radius 1 is 1.32 bits per heavy atom. The molecule has 0 aromatic carbocycles. The van der Waals surface area contributed by atoms with E-state index in [-0.39, 0.29) is 30.1 Å². The average molecular weight is 543 g/mol. The van der Waals surface area contributed by atoms with Crippen LogP contribution in [0.2, 0.25) is 0 Å². The minimum atomic E-state index is 0. The smallest absolute Gasteiger partial charge is 0.191 e. The number of ether oxygens (including phenoxy) is 1. The van der Waals surface area contributed by atoms with Crippen molar-refractivity contribution in [3.63, 3.8) is 0 Å². The molecule has 31 heavy (non-hydrogen) atoms. The number of rotatable bonds is 7. The highest BCUT2D eigenvalue weighted by atomic mass is 127. The molecule has 1 atom stereocenters. The van der Waals surface area contributed by atoms with Crippen molar-refractivity contribution in [3.05, 3.63) is 36.0 Å². The second kappa shape index (κ2) is 13.2. The number of aromatic nitrogens is 1. The number of nitrogens with zero attached hydrogens (tertiary/aromatic N) is 4. The van der Waals surface area contributed by atoms with Crippen LogP contribution >= 0.6 is 24.0 Å². The molecule has 2 fully saturated rings. The van der Waals surface area contributed by atoms with Crippen molar-refractivity contribution in [3.8, 4) is 0 Å². The first-order valence-electron chi connectivity index (χ1n) is 11.3. The lowest BCUT2D eigenvalue weighted by atomic mass is 10.0. The first-order chi connectivity index (χ1) is 14.5. The number of halogens is 1. The fourth-order valence-electron chi connectivity index (χ4n) is 4.06. The molecule has 0 aliphatic carbocycles. The molecule has 3 rings (SSSR count). The quantitative estimate of drug-likeness (QED) is 0.239. The van der Waals surface area contributed by atoms with E-state index < -0.39 is 0 Å². The van der Waals surface area contributed by atoms with Crippen LogP contribution in [0.15, 0.2) is 35.5 Å². The van der Waals surface area contributed by atoms with Gasteiger partial charge in [0.15, 0.2) is 5.96 Å². The van der Waals surface area contributed by atoms with Gasteiger partial charge in [0, 0.05) is 51.5 Å². The van der Waals surface area contributed by atoms with E-state index in [1.807, 2.05) is 6.20 Å². The van der Waals surface area contributed by atoms with Crippen molar-refractivity contribution in [2.45, 2.75) is 52.3 Å². The van der Waals surface area contributed by atoms with Crippen LogP contribution in [-0.4, -0.2) is 73.9 Å². The normalized spacial score (nSPS) is 20.8. The highest BCUT2D eigenvalue weighted by Gasteiger charge is 2.20. The summed E-state index contributed by atoms with van der Waals surface area (Å²) in [6.07, 6.45) is 4.39. The van der Waals surface area contributed by atoms with E-state index in [1.54, 1.807) is 0 Å². The monoisotopic (exact) mass is 542 g/mol. The standard InChI is InChI=1S/C23H38N6O.HI/c1-5-24-23(27-21-7-10-28(11-8-21)16-18(2)3)26-15-20-6-9-25-22(14-20)29-12-13-30-19(4)17-29;/h6,9,14,19,21H,2,5,7-8,10-13,15-17H2,1,3-4H3,(H2,24,26,27);1H. The van der Waals surface area contributed by atoms with Gasteiger partial charge < -0.3 is 20.3 Å². The van der Waals surface area contributed by atoms with Crippen LogP contribution in [0.1, 0.15) is 39.2 Å². The van der Waals surface area contributed by atoms with Crippen molar-refractivity contribution < 1.29 is 4.74 Å². The summed E-state index contributed by atoms with van der Waals surface area (Å²) in [5.41, 5.74) is 2.41. The molecule has 3 heterocycles. The van der Waals surface area contributed by atoms with Crippen LogP contribution < -0.4 is 15.5 Å². The summed E-state index contributed by atoms with van der Waals surface area (Å²) in [5.74, 6) is 1.91. The zero-order chi connectivity index (χ0) is 21.3. The van der Waals surface area contributed by atoms with E-state index in [0.717, 1.165) is 70.5 Å². The van der Waals surface area contributed by atoms with E-state index in [9.17, 15) is 0 Å². The summed E-state index contributed by atoms with van der Waals surface area (Å²) in [4.78, 5) is 14.2. The van der Waals surface area contributed by atoms with E-state index in [1.165, 1.54) is 11.1 Å². The number of morpholine rings is 1. The van der Waals surface area contributed by atoms with Crippen LogP contribution in [0.5, 0.6) is 0 Å². The molecule has 0 radical (unpaired) electrons. The number of aliphatic imine (C=N–C) groups is 1. The predicted molar refractivity (Wildman–Crippen MR) is 140 cm³/mol. The number of nitrogens with one attached hydrogen (secondary N) is 2. The highest BCUT2D eigenvalue weighted by Crippen LogP contribution is 2.17. The molecule has 1 aromatic heterocycles. The van der Waals surface area contributed by atoms with Crippen LogP contribution in [-0.2, 0) is 11.3 Å². The van der Waals surface area contributed by atoms with E-state index in [4.69, 9.17) is 9.73 Å². The second-order valence-electron chi connectivity index (χ2n) is 8.50. The van der Waals surface area contributed by atoms with Crippen molar-refractivity contribution in [1.29, 1.82) is 0 Å². The van der Waals surface area contributed by atoms with Crippen LogP contribution in [0, 0.1) is 0 Å². The molecular weight excluding hydrogens is 503 g/mol. The van der Waals surface area contributed by atoms with E-state index in [2.05, 4.69) is 64.9 Å². The number of likely N-dealkylation sites (tertiary alicyclic amines) is 1. The maximum atomic E-state index is 5.65. The number of anilines is 1. The molecule has 2 aliphatic rings. The Balaban J connectivity index is 0.00000341. The maximum absolute atomic E-state index is 5.65. The van der Waals surface area contributed by atoms with Crippen LogP contribution in [0.4, 0.5) is 5.82 Å². The lowest BCUT2D eigenvalue weighted by molar-refractivity contribution is 0.0529. The molecule has 0 bridgehead atoms. The first-order valence-corrected chi connectivity index (χ1v) is 11.3. The van der Waals surface area contributed by atoms with Gasteiger partial charge in [0.25, 0.3) is 0 Å². The Bertz CT molecular complexity index is 720. The van der Waals surface area contributed by atoms with Crippen molar-refractivity contribution >= 4 is 35.8 Å². The van der Waals surface area contributed by atoms with Gasteiger partial charge in [0.1, 0.15) is 5.82 Å². The van der Waals surface area contributed by atoms with E-state index in [0.29, 0.717) is 12.6 Å². The van der Waals surface area contributed by atoms with Gasteiger partial charge in [-0.05, 0) is 51.3 Å². The molecule has 8 heteroatoms. The second-order valence-corrected chi connectivity index (χ2v) is 8.50. The number of hydrogen-bond donors (Lipinski definition) is 2. The summed E-state index contributed by atoms with van der Waals surface area (Å²) in [5, 5.41) is 7.03. The number of piperidine rings is 1. The number of guanidine groups is 1. The van der Waals surface area contributed by atoms with Gasteiger partial charge in [0.2, 0.25) is 0 Å². The Hall–Kier alpha value is -1.39. The lowest BCUT2D eigenvalue weighted by Crippen LogP contribution is -2.48. The maximum Gasteiger partial charge on any atom is 0.191 e. The average Bonchev–Trinajstić information content (AvgIpc) is 2.73. The molecule has 0 saturated carbocycles. The van der Waals surface area contributed by atoms with Crippen LogP contribution in [0.3, 0.4) is 0 Å². The third kappa shape index (κ3) is 8.57. The third-order valence-electron chi connectivity index (χ3n) is 5.56. The minimum Gasteiger partial charge on any atom is -0.375 e. The summed E-state index contributed by atoms with van der Waals surface area (Å²) >= 11 is 0. The fourth-order valence-corrected chi connectivity index (χ4v) is 4.06. The van der Waals surface area contributed by atoms with Crippen molar-refractivity contribution in [2.24, 2.45) is 4.99 Å².